The fraction of sp³-hybridized carbons (Fsp3) is 0.455. The first-order valence-corrected chi connectivity index (χ1v) is 11.5. The Kier molecular flexibility index (Phi) is 6.15. The van der Waals surface area contributed by atoms with E-state index in [1.165, 1.54) is 0 Å². The zero-order valence-electron chi connectivity index (χ0n) is 18.6. The van der Waals surface area contributed by atoms with Crippen LogP contribution in [0, 0.1) is 20.8 Å². The maximum absolute atomic E-state index is 13.6. The summed E-state index contributed by atoms with van der Waals surface area (Å²) in [7, 11) is 1.88. The van der Waals surface area contributed by atoms with Crippen molar-refractivity contribution in [2.75, 3.05) is 45.5 Å². The maximum atomic E-state index is 13.6. The summed E-state index contributed by atoms with van der Waals surface area (Å²) in [5, 5.41) is 2.65. The number of fused-ring (bicyclic) bond motifs is 1. The van der Waals surface area contributed by atoms with Gasteiger partial charge in [0.25, 0.3) is 0 Å². The van der Waals surface area contributed by atoms with Crippen molar-refractivity contribution < 1.29 is 18.4 Å². The Bertz CT molecular complexity index is 1140. The highest BCUT2D eigenvalue weighted by Gasteiger charge is 2.25. The van der Waals surface area contributed by atoms with Crippen molar-refractivity contribution in [3.63, 3.8) is 0 Å². The molecule has 166 valence electrons. The second-order valence-corrected chi connectivity index (χ2v) is 8.97. The SMILES string of the molecule is COc1cc(C)c2nc(S(=O)Cc3ncc(C)c(OC)c3C)n(N3CCOCC3)c2c1. The number of hydrogen-bond acceptors (Lipinski definition) is 7. The first kappa shape index (κ1) is 21.6. The standard InChI is InChI=1S/C22H28N4O4S/c1-14-10-17(28-4)11-19-20(14)24-22(26(19)25-6-8-30-9-7-25)31(27)13-18-16(3)21(29-5)15(2)12-23-18/h10-12H,6-9,13H2,1-5H3. The third-order valence-electron chi connectivity index (χ3n) is 5.60. The minimum absolute atomic E-state index is 0.256. The molecule has 31 heavy (non-hydrogen) atoms. The Morgan fingerprint density at radius 1 is 1.10 bits per heavy atom. The van der Waals surface area contributed by atoms with E-state index in [9.17, 15) is 4.21 Å². The first-order valence-electron chi connectivity index (χ1n) is 10.2. The Morgan fingerprint density at radius 3 is 2.52 bits per heavy atom. The molecule has 1 fully saturated rings. The summed E-state index contributed by atoms with van der Waals surface area (Å²) in [5.74, 6) is 1.79. The van der Waals surface area contributed by atoms with Gasteiger partial charge in [-0.15, -0.1) is 0 Å². The highest BCUT2D eigenvalue weighted by molar-refractivity contribution is 7.84. The van der Waals surface area contributed by atoms with Gasteiger partial charge in [-0.25, -0.2) is 9.66 Å². The zero-order chi connectivity index (χ0) is 22.1. The summed E-state index contributed by atoms with van der Waals surface area (Å²) in [6, 6.07) is 3.89. The number of morpholine rings is 1. The monoisotopic (exact) mass is 444 g/mol. The molecule has 0 N–H and O–H groups in total. The summed E-state index contributed by atoms with van der Waals surface area (Å²) in [5.41, 5.74) is 5.29. The van der Waals surface area contributed by atoms with Gasteiger partial charge in [-0.05, 0) is 32.4 Å². The van der Waals surface area contributed by atoms with Crippen LogP contribution >= 0.6 is 0 Å². The highest BCUT2D eigenvalue weighted by atomic mass is 32.2. The number of ether oxygens (including phenoxy) is 3. The molecule has 1 aromatic carbocycles. The second kappa shape index (κ2) is 8.84. The van der Waals surface area contributed by atoms with Crippen LogP contribution in [0.5, 0.6) is 11.5 Å². The van der Waals surface area contributed by atoms with E-state index < -0.39 is 10.8 Å². The van der Waals surface area contributed by atoms with Gasteiger partial charge >= 0.3 is 0 Å². The molecule has 9 heteroatoms. The average Bonchev–Trinajstić information content (AvgIpc) is 3.17. The van der Waals surface area contributed by atoms with Crippen LogP contribution in [0.2, 0.25) is 0 Å². The van der Waals surface area contributed by atoms with Crippen molar-refractivity contribution in [3.05, 3.63) is 40.7 Å². The Hall–Kier alpha value is -2.65. The summed E-state index contributed by atoms with van der Waals surface area (Å²) < 4.78 is 32.1. The number of nitrogens with zero attached hydrogens (tertiary/aromatic N) is 4. The summed E-state index contributed by atoms with van der Waals surface area (Å²) >= 11 is 0. The van der Waals surface area contributed by atoms with Crippen LogP contribution in [0.15, 0.2) is 23.5 Å². The van der Waals surface area contributed by atoms with Crippen LogP contribution < -0.4 is 14.5 Å². The maximum Gasteiger partial charge on any atom is 0.219 e. The molecule has 1 aliphatic heterocycles. The summed E-state index contributed by atoms with van der Waals surface area (Å²) in [6.45, 7) is 8.52. The van der Waals surface area contributed by atoms with Gasteiger partial charge in [0, 0.05) is 23.4 Å². The fourth-order valence-electron chi connectivity index (χ4n) is 3.98. The van der Waals surface area contributed by atoms with E-state index in [4.69, 9.17) is 19.2 Å². The van der Waals surface area contributed by atoms with Crippen molar-refractivity contribution in [2.45, 2.75) is 31.7 Å². The lowest BCUT2D eigenvalue weighted by molar-refractivity contribution is 0.110. The highest BCUT2D eigenvalue weighted by Crippen LogP contribution is 2.30. The average molecular weight is 445 g/mol. The van der Waals surface area contributed by atoms with E-state index in [1.807, 2.05) is 37.6 Å². The molecule has 4 rings (SSSR count). The van der Waals surface area contributed by atoms with Crippen molar-refractivity contribution in [1.82, 2.24) is 14.6 Å². The zero-order valence-corrected chi connectivity index (χ0v) is 19.4. The topological polar surface area (TPSA) is 78.7 Å². The molecule has 0 radical (unpaired) electrons. The van der Waals surface area contributed by atoms with Crippen molar-refractivity contribution in [2.24, 2.45) is 0 Å². The van der Waals surface area contributed by atoms with Gasteiger partial charge in [0.1, 0.15) is 11.5 Å². The van der Waals surface area contributed by atoms with Gasteiger partial charge in [0.2, 0.25) is 5.16 Å². The van der Waals surface area contributed by atoms with E-state index in [-0.39, 0.29) is 5.75 Å². The fourth-order valence-corrected chi connectivity index (χ4v) is 5.25. The number of rotatable bonds is 6. The summed E-state index contributed by atoms with van der Waals surface area (Å²) in [6.07, 6.45) is 1.76. The normalized spacial score (nSPS) is 15.3. The van der Waals surface area contributed by atoms with Gasteiger partial charge in [-0.1, -0.05) is 0 Å². The second-order valence-electron chi connectivity index (χ2n) is 7.62. The van der Waals surface area contributed by atoms with Crippen molar-refractivity contribution in [3.8, 4) is 11.5 Å². The van der Waals surface area contributed by atoms with Crippen LogP contribution in [-0.4, -0.2) is 59.4 Å². The lowest BCUT2D eigenvalue weighted by atomic mass is 10.1. The molecule has 1 atom stereocenters. The first-order chi connectivity index (χ1) is 14.9. The smallest absolute Gasteiger partial charge is 0.219 e. The molecule has 1 unspecified atom stereocenters. The number of aromatic nitrogens is 3. The molecule has 0 saturated carbocycles. The number of imidazole rings is 1. The molecule has 0 amide bonds. The molecule has 1 saturated heterocycles. The third kappa shape index (κ3) is 3.99. The predicted molar refractivity (Wildman–Crippen MR) is 120 cm³/mol. The van der Waals surface area contributed by atoms with Gasteiger partial charge < -0.3 is 19.2 Å². The minimum Gasteiger partial charge on any atom is -0.497 e. The quantitative estimate of drug-likeness (QED) is 0.578. The molecule has 2 aromatic heterocycles. The van der Waals surface area contributed by atoms with Crippen LogP contribution in [-0.2, 0) is 21.3 Å². The Morgan fingerprint density at radius 2 is 1.84 bits per heavy atom. The van der Waals surface area contributed by atoms with E-state index in [1.54, 1.807) is 20.4 Å². The number of methoxy groups -OCH3 is 2. The molecule has 0 bridgehead atoms. The van der Waals surface area contributed by atoms with Crippen LogP contribution in [0.4, 0.5) is 0 Å². The van der Waals surface area contributed by atoms with Crippen molar-refractivity contribution >= 4 is 21.8 Å². The van der Waals surface area contributed by atoms with E-state index in [0.29, 0.717) is 31.5 Å². The lowest BCUT2D eigenvalue weighted by Gasteiger charge is -2.31. The third-order valence-corrected chi connectivity index (χ3v) is 6.81. The number of pyridine rings is 1. The molecule has 0 spiro atoms. The van der Waals surface area contributed by atoms with Crippen molar-refractivity contribution in [1.29, 1.82) is 0 Å². The van der Waals surface area contributed by atoms with E-state index in [0.717, 1.165) is 44.9 Å². The molecule has 0 aliphatic carbocycles. The molecule has 1 aliphatic rings. The minimum atomic E-state index is -1.41. The molecule has 3 aromatic rings. The Balaban J connectivity index is 1.81. The van der Waals surface area contributed by atoms with Crippen LogP contribution in [0.1, 0.15) is 22.4 Å². The van der Waals surface area contributed by atoms with Gasteiger partial charge in [-0.2, -0.15) is 0 Å². The molecular formula is C22H28N4O4S. The Labute approximate surface area is 184 Å². The van der Waals surface area contributed by atoms with Gasteiger partial charge in [-0.3, -0.25) is 9.19 Å². The summed E-state index contributed by atoms with van der Waals surface area (Å²) in [4.78, 5) is 9.34. The molecular weight excluding hydrogens is 416 g/mol. The van der Waals surface area contributed by atoms with Crippen LogP contribution in [0.3, 0.4) is 0 Å². The number of hydrogen-bond donors (Lipinski definition) is 0. The largest absolute Gasteiger partial charge is 0.497 e. The van der Waals surface area contributed by atoms with Gasteiger partial charge in [0.15, 0.2) is 0 Å². The van der Waals surface area contributed by atoms with Crippen LogP contribution in [0.25, 0.3) is 11.0 Å². The molecule has 3 heterocycles. The van der Waals surface area contributed by atoms with E-state index in [2.05, 4.69) is 9.99 Å². The van der Waals surface area contributed by atoms with Gasteiger partial charge in [0.05, 0.1) is 73.8 Å². The lowest BCUT2D eigenvalue weighted by Crippen LogP contribution is -2.44. The number of benzene rings is 1. The van der Waals surface area contributed by atoms with E-state index >= 15 is 0 Å². The predicted octanol–water partition coefficient (Wildman–Crippen LogP) is 2.65. The number of aryl methyl sites for hydroxylation is 2. The molecule has 8 nitrogen and oxygen atoms in total.